The first kappa shape index (κ1) is 24.0. The first-order valence-electron chi connectivity index (χ1n) is 11.3. The number of para-hydroxylation sites is 1. The van der Waals surface area contributed by atoms with Crippen molar-refractivity contribution in [2.24, 2.45) is 0 Å². The van der Waals surface area contributed by atoms with Gasteiger partial charge >= 0.3 is 5.97 Å². The molecule has 1 aromatic heterocycles. The lowest BCUT2D eigenvalue weighted by molar-refractivity contribution is -0.145. The molecule has 2 heterocycles. The smallest absolute Gasteiger partial charge is 0.328 e. The van der Waals surface area contributed by atoms with E-state index in [1.165, 1.54) is 11.4 Å². The summed E-state index contributed by atoms with van der Waals surface area (Å²) in [5.41, 5.74) is 2.74. The maximum atomic E-state index is 13.3. The Labute approximate surface area is 199 Å². The minimum atomic E-state index is -3.86. The molecule has 0 saturated carbocycles. The highest BCUT2D eigenvalue weighted by Gasteiger charge is 2.39. The average molecular weight is 484 g/mol. The van der Waals surface area contributed by atoms with Crippen LogP contribution in [0, 0.1) is 6.92 Å². The summed E-state index contributed by atoms with van der Waals surface area (Å²) < 4.78 is 32.9. The fourth-order valence-corrected chi connectivity index (χ4v) is 6.08. The highest BCUT2D eigenvalue weighted by Crippen LogP contribution is 2.26. The summed E-state index contributed by atoms with van der Waals surface area (Å²) in [4.78, 5) is 29.2. The van der Waals surface area contributed by atoms with Crippen LogP contribution in [0.1, 0.15) is 30.4 Å². The second kappa shape index (κ2) is 9.99. The van der Waals surface area contributed by atoms with Crippen molar-refractivity contribution < 1.29 is 22.7 Å². The van der Waals surface area contributed by atoms with Gasteiger partial charge in [0.15, 0.2) is 0 Å². The predicted molar refractivity (Wildman–Crippen MR) is 129 cm³/mol. The normalized spacial score (nSPS) is 17.9. The lowest BCUT2D eigenvalue weighted by atomic mass is 10.0. The zero-order valence-corrected chi connectivity index (χ0v) is 20.1. The zero-order valence-electron chi connectivity index (χ0n) is 19.3. The second-order valence-electron chi connectivity index (χ2n) is 8.59. The van der Waals surface area contributed by atoms with Gasteiger partial charge < -0.3 is 15.0 Å². The van der Waals surface area contributed by atoms with Crippen LogP contribution >= 0.6 is 0 Å². The summed E-state index contributed by atoms with van der Waals surface area (Å²) in [5, 5.41) is 3.72. The number of hydrogen-bond donors (Lipinski definition) is 2. The van der Waals surface area contributed by atoms with Crippen LogP contribution in [0.4, 0.5) is 0 Å². The highest BCUT2D eigenvalue weighted by atomic mass is 32.2. The first-order valence-corrected chi connectivity index (χ1v) is 12.8. The van der Waals surface area contributed by atoms with Crippen molar-refractivity contribution in [1.82, 2.24) is 14.6 Å². The molecule has 34 heavy (non-hydrogen) atoms. The molecule has 2 unspecified atom stereocenters. The molecule has 0 radical (unpaired) electrons. The van der Waals surface area contributed by atoms with Gasteiger partial charge in [-0.2, -0.15) is 4.31 Å². The number of carbonyl (C=O) groups is 2. The van der Waals surface area contributed by atoms with Crippen LogP contribution in [-0.4, -0.2) is 55.3 Å². The van der Waals surface area contributed by atoms with E-state index in [1.54, 1.807) is 24.3 Å². The third-order valence-corrected chi connectivity index (χ3v) is 8.21. The number of aromatic nitrogens is 1. The monoisotopic (exact) mass is 483 g/mol. The van der Waals surface area contributed by atoms with Gasteiger partial charge in [0.05, 0.1) is 12.0 Å². The van der Waals surface area contributed by atoms with E-state index in [9.17, 15) is 18.0 Å². The Morgan fingerprint density at radius 3 is 2.62 bits per heavy atom. The Bertz CT molecular complexity index is 1280. The lowest BCUT2D eigenvalue weighted by Gasteiger charge is -2.34. The first-order chi connectivity index (χ1) is 16.3. The van der Waals surface area contributed by atoms with E-state index < -0.39 is 34.0 Å². The SMILES string of the molecule is COC(=O)C(Cc1c[nH]c2ccccc12)NC(=O)C1CCCCN1S(=O)(=O)c1ccc(C)cc1. The maximum Gasteiger partial charge on any atom is 0.328 e. The molecule has 3 aromatic rings. The molecule has 0 spiro atoms. The van der Waals surface area contributed by atoms with Gasteiger partial charge in [-0.05, 0) is 43.5 Å². The van der Waals surface area contributed by atoms with Gasteiger partial charge in [0, 0.05) is 30.1 Å². The van der Waals surface area contributed by atoms with E-state index in [0.29, 0.717) is 12.8 Å². The van der Waals surface area contributed by atoms with Crippen molar-refractivity contribution in [1.29, 1.82) is 0 Å². The summed E-state index contributed by atoms with van der Waals surface area (Å²) in [5.74, 6) is -1.08. The van der Waals surface area contributed by atoms with Crippen LogP contribution in [0.2, 0.25) is 0 Å². The Balaban J connectivity index is 1.57. The van der Waals surface area contributed by atoms with Crippen LogP contribution < -0.4 is 5.32 Å². The standard InChI is InChI=1S/C25H29N3O5S/c1-17-10-12-19(13-11-17)34(31,32)28-14-6-5-9-23(28)24(29)27-22(25(30)33-2)15-18-16-26-21-8-4-3-7-20(18)21/h3-4,7-8,10-13,16,22-23,26H,5-6,9,14-15H2,1-2H3,(H,27,29). The number of carbonyl (C=O) groups excluding carboxylic acids is 2. The molecule has 1 aliphatic heterocycles. The van der Waals surface area contributed by atoms with Crippen LogP contribution in [0.5, 0.6) is 0 Å². The number of esters is 1. The molecular weight excluding hydrogens is 454 g/mol. The number of amides is 1. The molecule has 2 N–H and O–H groups in total. The number of ether oxygens (including phenoxy) is 1. The van der Waals surface area contributed by atoms with E-state index in [2.05, 4.69) is 10.3 Å². The van der Waals surface area contributed by atoms with Crippen molar-refractivity contribution in [2.75, 3.05) is 13.7 Å². The van der Waals surface area contributed by atoms with Gasteiger partial charge in [0.2, 0.25) is 15.9 Å². The van der Waals surface area contributed by atoms with Crippen molar-refractivity contribution in [2.45, 2.75) is 49.6 Å². The topological polar surface area (TPSA) is 109 Å². The van der Waals surface area contributed by atoms with E-state index in [-0.39, 0.29) is 17.9 Å². The largest absolute Gasteiger partial charge is 0.467 e. The van der Waals surface area contributed by atoms with E-state index in [4.69, 9.17) is 4.74 Å². The molecule has 0 bridgehead atoms. The molecule has 4 rings (SSSR count). The number of fused-ring (bicyclic) bond motifs is 1. The number of nitrogens with one attached hydrogen (secondary N) is 2. The van der Waals surface area contributed by atoms with Crippen molar-refractivity contribution >= 4 is 32.8 Å². The fraction of sp³-hybridized carbons (Fsp3) is 0.360. The summed E-state index contributed by atoms with van der Waals surface area (Å²) in [6, 6.07) is 12.4. The van der Waals surface area contributed by atoms with E-state index >= 15 is 0 Å². The molecule has 8 nitrogen and oxygen atoms in total. The predicted octanol–water partition coefficient (Wildman–Crippen LogP) is 2.92. The second-order valence-corrected chi connectivity index (χ2v) is 10.5. The molecular formula is C25H29N3O5S. The number of benzene rings is 2. The van der Waals surface area contributed by atoms with Crippen LogP contribution in [0.3, 0.4) is 0 Å². The number of nitrogens with zero attached hydrogens (tertiary/aromatic N) is 1. The van der Waals surface area contributed by atoms with E-state index in [1.807, 2.05) is 37.4 Å². The Morgan fingerprint density at radius 1 is 1.15 bits per heavy atom. The molecule has 180 valence electrons. The van der Waals surface area contributed by atoms with Crippen LogP contribution in [0.15, 0.2) is 59.6 Å². The van der Waals surface area contributed by atoms with Gasteiger partial charge in [-0.3, -0.25) is 4.79 Å². The van der Waals surface area contributed by atoms with Gasteiger partial charge in [-0.25, -0.2) is 13.2 Å². The zero-order chi connectivity index (χ0) is 24.3. The molecule has 9 heteroatoms. The summed E-state index contributed by atoms with van der Waals surface area (Å²) in [6.07, 6.45) is 3.81. The van der Waals surface area contributed by atoms with Crippen molar-refractivity contribution in [3.05, 3.63) is 65.9 Å². The molecule has 1 amide bonds. The number of aryl methyl sites for hydroxylation is 1. The van der Waals surface area contributed by atoms with Gasteiger partial charge in [0.25, 0.3) is 0 Å². The van der Waals surface area contributed by atoms with Crippen LogP contribution in [-0.2, 0) is 30.8 Å². The molecule has 2 aromatic carbocycles. The number of H-pyrrole nitrogens is 1. The number of rotatable bonds is 7. The summed E-state index contributed by atoms with van der Waals surface area (Å²) in [7, 11) is -2.59. The molecule has 1 saturated heterocycles. The van der Waals surface area contributed by atoms with Crippen molar-refractivity contribution in [3.8, 4) is 0 Å². The third kappa shape index (κ3) is 4.85. The molecule has 0 aliphatic carbocycles. The third-order valence-electron chi connectivity index (χ3n) is 6.29. The quantitative estimate of drug-likeness (QED) is 0.503. The Hall–Kier alpha value is -3.17. The fourth-order valence-electron chi connectivity index (χ4n) is 4.42. The number of aromatic amines is 1. The number of hydrogen-bond acceptors (Lipinski definition) is 5. The van der Waals surface area contributed by atoms with E-state index in [0.717, 1.165) is 28.5 Å². The van der Waals surface area contributed by atoms with Crippen LogP contribution in [0.25, 0.3) is 10.9 Å². The Kier molecular flexibility index (Phi) is 7.04. The number of piperidine rings is 1. The number of methoxy groups -OCH3 is 1. The minimum absolute atomic E-state index is 0.154. The summed E-state index contributed by atoms with van der Waals surface area (Å²) in [6.45, 7) is 2.13. The Morgan fingerprint density at radius 2 is 1.88 bits per heavy atom. The van der Waals surface area contributed by atoms with Gasteiger partial charge in [-0.1, -0.05) is 42.3 Å². The van der Waals surface area contributed by atoms with Gasteiger partial charge in [0.1, 0.15) is 12.1 Å². The average Bonchev–Trinajstić information content (AvgIpc) is 3.26. The lowest BCUT2D eigenvalue weighted by Crippen LogP contribution is -2.55. The number of sulfonamides is 1. The molecule has 2 atom stereocenters. The van der Waals surface area contributed by atoms with Gasteiger partial charge in [-0.15, -0.1) is 0 Å². The summed E-state index contributed by atoms with van der Waals surface area (Å²) >= 11 is 0. The molecule has 1 fully saturated rings. The van der Waals surface area contributed by atoms with Crippen molar-refractivity contribution in [3.63, 3.8) is 0 Å². The maximum absolute atomic E-state index is 13.3. The highest BCUT2D eigenvalue weighted by molar-refractivity contribution is 7.89. The minimum Gasteiger partial charge on any atom is -0.467 e. The molecule has 1 aliphatic rings.